The third-order valence-corrected chi connectivity index (χ3v) is 5.37. The molecule has 0 aromatic heterocycles. The highest BCUT2D eigenvalue weighted by Crippen LogP contribution is 2.23. The van der Waals surface area contributed by atoms with Gasteiger partial charge in [0.15, 0.2) is 0 Å². The number of urea groups is 1. The normalized spacial score (nSPS) is 12.3. The van der Waals surface area contributed by atoms with Gasteiger partial charge in [-0.25, -0.2) is 13.7 Å². The molecule has 2 aromatic rings. The van der Waals surface area contributed by atoms with Gasteiger partial charge in [-0.15, -0.1) is 0 Å². The Bertz CT molecular complexity index is 924. The van der Waals surface area contributed by atoms with E-state index in [1.165, 1.54) is 5.56 Å². The summed E-state index contributed by atoms with van der Waals surface area (Å²) in [6, 6.07) is 11.4. The number of amides is 2. The third kappa shape index (κ3) is 7.25. The SMILES string of the molecule is C=Cc1cc(CNC(=O)NCc2ccc(C(C)(C)C)cc2)c(Cl)cc1CNS(=O)O. The average molecular weight is 450 g/mol. The predicted molar refractivity (Wildman–Crippen MR) is 123 cm³/mol. The zero-order valence-electron chi connectivity index (χ0n) is 17.4. The van der Waals surface area contributed by atoms with Crippen LogP contribution in [0.25, 0.3) is 6.08 Å². The van der Waals surface area contributed by atoms with E-state index in [-0.39, 0.29) is 24.5 Å². The second kappa shape index (κ2) is 10.7. The molecule has 0 spiro atoms. The van der Waals surface area contributed by atoms with Crippen LogP contribution in [0, 0.1) is 0 Å². The summed E-state index contributed by atoms with van der Waals surface area (Å²) >= 11 is 4.19. The van der Waals surface area contributed by atoms with Gasteiger partial charge >= 0.3 is 6.03 Å². The van der Waals surface area contributed by atoms with Crippen LogP contribution in [0.4, 0.5) is 4.79 Å². The van der Waals surface area contributed by atoms with Crippen molar-refractivity contribution in [3.05, 3.63) is 75.8 Å². The molecule has 4 N–H and O–H groups in total. The molecule has 0 heterocycles. The van der Waals surface area contributed by atoms with E-state index in [9.17, 15) is 9.00 Å². The topological polar surface area (TPSA) is 90.5 Å². The molecule has 0 saturated carbocycles. The van der Waals surface area contributed by atoms with Crippen molar-refractivity contribution in [2.75, 3.05) is 0 Å². The van der Waals surface area contributed by atoms with E-state index in [1.807, 2.05) is 12.1 Å². The number of benzene rings is 2. The van der Waals surface area contributed by atoms with Gasteiger partial charge in [0, 0.05) is 24.7 Å². The van der Waals surface area contributed by atoms with Crippen LogP contribution in [0.3, 0.4) is 0 Å². The Morgan fingerprint density at radius 3 is 2.30 bits per heavy atom. The number of halogens is 1. The van der Waals surface area contributed by atoms with Crippen molar-refractivity contribution >= 4 is 35.0 Å². The summed E-state index contributed by atoms with van der Waals surface area (Å²) in [5, 5.41) is 6.09. The summed E-state index contributed by atoms with van der Waals surface area (Å²) in [5.74, 6) is 0. The van der Waals surface area contributed by atoms with E-state index < -0.39 is 11.3 Å². The molecule has 0 aliphatic heterocycles. The number of hydrogen-bond acceptors (Lipinski definition) is 2. The molecule has 2 amide bonds. The summed E-state index contributed by atoms with van der Waals surface area (Å²) < 4.78 is 22.1. The Labute approximate surface area is 185 Å². The Kier molecular flexibility index (Phi) is 8.61. The number of hydrogen-bond donors (Lipinski definition) is 4. The van der Waals surface area contributed by atoms with Crippen LogP contribution in [0.2, 0.25) is 5.02 Å². The Balaban J connectivity index is 1.92. The highest BCUT2D eigenvalue weighted by Gasteiger charge is 2.13. The number of nitrogens with one attached hydrogen (secondary N) is 3. The molecule has 6 nitrogen and oxygen atoms in total. The zero-order chi connectivity index (χ0) is 22.3. The minimum absolute atomic E-state index is 0.0910. The quantitative estimate of drug-likeness (QED) is 0.447. The summed E-state index contributed by atoms with van der Waals surface area (Å²) in [6.45, 7) is 11.1. The fourth-order valence-electron chi connectivity index (χ4n) is 2.84. The molecule has 30 heavy (non-hydrogen) atoms. The minimum Gasteiger partial charge on any atom is -0.334 e. The fourth-order valence-corrected chi connectivity index (χ4v) is 3.37. The fraction of sp³-hybridized carbons (Fsp3) is 0.318. The molecule has 0 saturated heterocycles. The maximum absolute atomic E-state index is 12.2. The maximum atomic E-state index is 12.2. The first-order chi connectivity index (χ1) is 14.1. The smallest absolute Gasteiger partial charge is 0.315 e. The molecule has 2 rings (SSSR count). The van der Waals surface area contributed by atoms with Gasteiger partial charge in [0.2, 0.25) is 11.3 Å². The van der Waals surface area contributed by atoms with Crippen molar-refractivity contribution in [2.45, 2.75) is 45.8 Å². The minimum atomic E-state index is -2.11. The van der Waals surface area contributed by atoms with E-state index in [4.69, 9.17) is 16.2 Å². The predicted octanol–water partition coefficient (Wildman–Crippen LogP) is 4.51. The highest BCUT2D eigenvalue weighted by molar-refractivity contribution is 7.77. The van der Waals surface area contributed by atoms with Gasteiger partial charge in [0.25, 0.3) is 0 Å². The zero-order valence-corrected chi connectivity index (χ0v) is 19.0. The Morgan fingerprint density at radius 1 is 1.10 bits per heavy atom. The number of carbonyl (C=O) groups is 1. The summed E-state index contributed by atoms with van der Waals surface area (Å²) in [7, 11) is 0. The van der Waals surface area contributed by atoms with Crippen LogP contribution in [0.5, 0.6) is 0 Å². The highest BCUT2D eigenvalue weighted by atomic mass is 35.5. The standard InChI is InChI=1S/C22H28ClN3O3S/c1-5-16-10-18(20(23)11-17(16)14-26-30(28)29)13-25-21(27)24-12-15-6-8-19(9-7-15)22(2,3)4/h5-11,26H,1,12-14H2,2-4H3,(H,28,29)(H2,24,25,27). The van der Waals surface area contributed by atoms with Gasteiger partial charge in [0.1, 0.15) is 0 Å². The molecule has 0 fully saturated rings. The van der Waals surface area contributed by atoms with Crippen LogP contribution in [0.1, 0.15) is 48.6 Å². The molecular formula is C22H28ClN3O3S. The lowest BCUT2D eigenvalue weighted by atomic mass is 9.87. The van der Waals surface area contributed by atoms with Crippen LogP contribution in [-0.4, -0.2) is 14.8 Å². The number of carbonyl (C=O) groups excluding carboxylic acids is 1. The molecule has 1 atom stereocenters. The molecule has 0 aliphatic rings. The first-order valence-electron chi connectivity index (χ1n) is 9.49. The largest absolute Gasteiger partial charge is 0.334 e. The van der Waals surface area contributed by atoms with Crippen molar-refractivity contribution < 1.29 is 13.6 Å². The van der Waals surface area contributed by atoms with Gasteiger partial charge in [-0.2, -0.15) is 0 Å². The molecule has 0 bridgehead atoms. The second-order valence-electron chi connectivity index (χ2n) is 7.90. The van der Waals surface area contributed by atoms with E-state index in [0.717, 1.165) is 22.3 Å². The van der Waals surface area contributed by atoms with Crippen LogP contribution in [-0.2, 0) is 36.3 Å². The average Bonchev–Trinajstić information content (AvgIpc) is 2.69. The first-order valence-corrected chi connectivity index (χ1v) is 11.0. The van der Waals surface area contributed by atoms with E-state index in [1.54, 1.807) is 18.2 Å². The summed E-state index contributed by atoms with van der Waals surface area (Å²) in [6.07, 6.45) is 1.64. The molecule has 162 valence electrons. The van der Waals surface area contributed by atoms with Gasteiger partial charge < -0.3 is 10.6 Å². The Hall–Kier alpha value is -2.19. The summed E-state index contributed by atoms with van der Waals surface area (Å²) in [5.41, 5.74) is 4.59. The first kappa shape index (κ1) is 24.1. The van der Waals surface area contributed by atoms with E-state index in [0.29, 0.717) is 11.6 Å². The van der Waals surface area contributed by atoms with Crippen molar-refractivity contribution in [1.29, 1.82) is 0 Å². The molecule has 1 unspecified atom stereocenters. The molecule has 8 heteroatoms. The van der Waals surface area contributed by atoms with Crippen LogP contribution < -0.4 is 15.4 Å². The van der Waals surface area contributed by atoms with E-state index >= 15 is 0 Å². The lowest BCUT2D eigenvalue weighted by Gasteiger charge is -2.19. The lowest BCUT2D eigenvalue weighted by molar-refractivity contribution is 0.240. The van der Waals surface area contributed by atoms with Crippen molar-refractivity contribution in [3.63, 3.8) is 0 Å². The number of rotatable bonds is 8. The third-order valence-electron chi connectivity index (χ3n) is 4.63. The monoisotopic (exact) mass is 449 g/mol. The van der Waals surface area contributed by atoms with Crippen LogP contribution in [0.15, 0.2) is 43.0 Å². The Morgan fingerprint density at radius 2 is 1.73 bits per heavy atom. The van der Waals surface area contributed by atoms with Crippen molar-refractivity contribution in [1.82, 2.24) is 15.4 Å². The molecule has 2 aromatic carbocycles. The van der Waals surface area contributed by atoms with Gasteiger partial charge in [-0.1, -0.05) is 69.3 Å². The van der Waals surface area contributed by atoms with Gasteiger partial charge in [-0.05, 0) is 45.4 Å². The van der Waals surface area contributed by atoms with Gasteiger partial charge in [-0.3, -0.25) is 4.55 Å². The molecular weight excluding hydrogens is 422 g/mol. The van der Waals surface area contributed by atoms with Gasteiger partial charge in [0.05, 0.1) is 0 Å². The second-order valence-corrected chi connectivity index (χ2v) is 9.09. The maximum Gasteiger partial charge on any atom is 0.315 e. The van der Waals surface area contributed by atoms with Crippen molar-refractivity contribution in [3.8, 4) is 0 Å². The summed E-state index contributed by atoms with van der Waals surface area (Å²) in [4.78, 5) is 12.2. The molecule has 0 radical (unpaired) electrons. The lowest BCUT2D eigenvalue weighted by Crippen LogP contribution is -2.34. The van der Waals surface area contributed by atoms with Crippen molar-refractivity contribution in [2.24, 2.45) is 0 Å². The molecule has 0 aliphatic carbocycles. The van der Waals surface area contributed by atoms with Crippen LogP contribution >= 0.6 is 11.6 Å². The van der Waals surface area contributed by atoms with E-state index in [2.05, 4.69) is 54.8 Å².